The highest BCUT2D eigenvalue weighted by molar-refractivity contribution is 5.75. The van der Waals surface area contributed by atoms with Crippen molar-refractivity contribution in [2.24, 2.45) is 11.1 Å². The molecule has 1 fully saturated rings. The second-order valence-electron chi connectivity index (χ2n) is 7.75. The lowest BCUT2D eigenvalue weighted by molar-refractivity contribution is -0.205. The van der Waals surface area contributed by atoms with Crippen LogP contribution in [0, 0.1) is 11.2 Å². The van der Waals surface area contributed by atoms with Gasteiger partial charge in [-0.15, -0.1) is 0 Å². The summed E-state index contributed by atoms with van der Waals surface area (Å²) in [5.74, 6) is -2.84. The van der Waals surface area contributed by atoms with Crippen molar-refractivity contribution in [1.82, 2.24) is 0 Å². The Balaban J connectivity index is 1.86. The second-order valence-corrected chi connectivity index (χ2v) is 7.75. The lowest BCUT2D eigenvalue weighted by atomic mass is 9.59. The third-order valence-corrected chi connectivity index (χ3v) is 5.77. The third kappa shape index (κ3) is 3.03. The van der Waals surface area contributed by atoms with Gasteiger partial charge in [-0.05, 0) is 47.8 Å². The van der Waals surface area contributed by atoms with Crippen LogP contribution in [-0.4, -0.2) is 18.4 Å². The van der Waals surface area contributed by atoms with Gasteiger partial charge in [-0.25, -0.2) is 9.18 Å². The minimum atomic E-state index is -5.08. The number of fused-ring (bicyclic) bond motifs is 2. The van der Waals surface area contributed by atoms with E-state index in [1.807, 2.05) is 0 Å². The zero-order valence-corrected chi connectivity index (χ0v) is 14.1. The molecule has 7 heteroatoms. The van der Waals surface area contributed by atoms with Crippen LogP contribution >= 0.6 is 0 Å². The predicted octanol–water partition coefficient (Wildman–Crippen LogP) is 4.15. The molecule has 1 saturated carbocycles. The number of alkyl halides is 3. The van der Waals surface area contributed by atoms with Gasteiger partial charge >= 0.3 is 12.1 Å². The molecule has 0 aromatic heterocycles. The van der Waals surface area contributed by atoms with Crippen LogP contribution in [-0.2, 0) is 14.9 Å². The Morgan fingerprint density at radius 3 is 2.56 bits per heavy atom. The molecule has 0 saturated heterocycles. The van der Waals surface area contributed by atoms with Crippen molar-refractivity contribution in [2.45, 2.75) is 63.3 Å². The van der Waals surface area contributed by atoms with Crippen molar-refractivity contribution in [2.75, 3.05) is 0 Å². The highest BCUT2D eigenvalue weighted by Crippen LogP contribution is 2.67. The summed E-state index contributed by atoms with van der Waals surface area (Å²) in [6.45, 7) is 4.10. The Kier molecular flexibility index (Phi) is 4.14. The molecule has 138 valence electrons. The predicted molar refractivity (Wildman–Crippen MR) is 83.2 cm³/mol. The van der Waals surface area contributed by atoms with Crippen molar-refractivity contribution in [3.63, 3.8) is 0 Å². The van der Waals surface area contributed by atoms with E-state index < -0.39 is 18.4 Å². The minimum Gasteiger partial charge on any atom is -0.440 e. The summed E-state index contributed by atoms with van der Waals surface area (Å²) in [4.78, 5) is 11.0. The highest BCUT2D eigenvalue weighted by atomic mass is 19.4. The van der Waals surface area contributed by atoms with Gasteiger partial charge in [-0.1, -0.05) is 26.0 Å². The first-order chi connectivity index (χ1) is 11.5. The Morgan fingerprint density at radius 2 is 2.00 bits per heavy atom. The fourth-order valence-electron chi connectivity index (χ4n) is 4.44. The smallest absolute Gasteiger partial charge is 0.440 e. The van der Waals surface area contributed by atoms with E-state index >= 15 is 0 Å². The largest absolute Gasteiger partial charge is 0.490 e. The maximum Gasteiger partial charge on any atom is 0.490 e. The molecule has 25 heavy (non-hydrogen) atoms. The standard InChI is InChI=1S/C18H21F4NO2/c1-16(2)9-10(8-13(23)25-15(24)18(20,21)22)11-4-3-5-12(19)14(11)17(16)6-7-17/h3-5,10,13H,6-9,23H2,1-2H3. The monoisotopic (exact) mass is 359 g/mol. The fourth-order valence-corrected chi connectivity index (χ4v) is 4.44. The molecule has 1 aromatic carbocycles. The van der Waals surface area contributed by atoms with Crippen LogP contribution in [0.4, 0.5) is 17.6 Å². The van der Waals surface area contributed by atoms with E-state index in [9.17, 15) is 22.4 Å². The van der Waals surface area contributed by atoms with Crippen molar-refractivity contribution >= 4 is 5.97 Å². The molecule has 1 aromatic rings. The first kappa shape index (κ1) is 18.2. The van der Waals surface area contributed by atoms with E-state index in [2.05, 4.69) is 18.6 Å². The molecular weight excluding hydrogens is 338 g/mol. The summed E-state index contributed by atoms with van der Waals surface area (Å²) in [6, 6.07) is 4.82. The summed E-state index contributed by atoms with van der Waals surface area (Å²) >= 11 is 0. The van der Waals surface area contributed by atoms with Crippen molar-refractivity contribution in [3.8, 4) is 0 Å². The summed E-state index contributed by atoms with van der Waals surface area (Å²) in [5.41, 5.74) is 6.64. The number of benzene rings is 1. The Labute approximate surface area is 143 Å². The average Bonchev–Trinajstić information content (AvgIpc) is 3.25. The van der Waals surface area contributed by atoms with Gasteiger partial charge in [-0.2, -0.15) is 13.2 Å². The van der Waals surface area contributed by atoms with Gasteiger partial charge in [0.25, 0.3) is 0 Å². The Morgan fingerprint density at radius 1 is 1.36 bits per heavy atom. The summed E-state index contributed by atoms with van der Waals surface area (Å²) in [6.07, 6.45) is -3.99. The molecule has 3 nitrogen and oxygen atoms in total. The molecule has 0 bridgehead atoms. The molecule has 2 aliphatic rings. The minimum absolute atomic E-state index is 0.0256. The van der Waals surface area contributed by atoms with Crippen LogP contribution in [0.2, 0.25) is 0 Å². The summed E-state index contributed by atoms with van der Waals surface area (Å²) < 4.78 is 55.9. The van der Waals surface area contributed by atoms with Crippen molar-refractivity contribution in [3.05, 3.63) is 35.1 Å². The van der Waals surface area contributed by atoms with Gasteiger partial charge in [0.15, 0.2) is 6.23 Å². The van der Waals surface area contributed by atoms with Crippen LogP contribution in [0.15, 0.2) is 18.2 Å². The van der Waals surface area contributed by atoms with Crippen LogP contribution in [0.3, 0.4) is 0 Å². The molecule has 0 aliphatic heterocycles. The zero-order valence-electron chi connectivity index (χ0n) is 14.1. The Hall–Kier alpha value is -1.63. The molecule has 0 radical (unpaired) electrons. The number of nitrogens with two attached hydrogens (primary N) is 1. The van der Waals surface area contributed by atoms with E-state index in [-0.39, 0.29) is 29.0 Å². The molecule has 2 N–H and O–H groups in total. The SMILES string of the molecule is CC1(C)CC(CC(N)OC(=O)C(F)(F)F)c2cccc(F)c2C12CC2. The maximum atomic E-state index is 14.6. The number of rotatable bonds is 3. The lowest BCUT2D eigenvalue weighted by Gasteiger charge is -2.45. The van der Waals surface area contributed by atoms with Gasteiger partial charge in [0.05, 0.1) is 0 Å². The van der Waals surface area contributed by atoms with Crippen molar-refractivity contribution in [1.29, 1.82) is 0 Å². The van der Waals surface area contributed by atoms with E-state index in [0.29, 0.717) is 12.0 Å². The number of hydrogen-bond acceptors (Lipinski definition) is 3. The normalized spacial score (nSPS) is 24.5. The molecule has 0 heterocycles. The number of ether oxygens (including phenoxy) is 1. The number of hydrogen-bond donors (Lipinski definition) is 1. The highest BCUT2D eigenvalue weighted by Gasteiger charge is 2.60. The van der Waals surface area contributed by atoms with Crippen LogP contribution in [0.25, 0.3) is 0 Å². The molecule has 3 rings (SSSR count). The average molecular weight is 359 g/mol. The first-order valence-electron chi connectivity index (χ1n) is 8.30. The van der Waals surface area contributed by atoms with E-state index in [1.54, 1.807) is 12.1 Å². The summed E-state index contributed by atoms with van der Waals surface area (Å²) in [5, 5.41) is 0. The van der Waals surface area contributed by atoms with Gasteiger partial charge < -0.3 is 4.74 Å². The fraction of sp³-hybridized carbons (Fsp3) is 0.611. The number of halogens is 4. The third-order valence-electron chi connectivity index (χ3n) is 5.77. The maximum absolute atomic E-state index is 14.6. The molecule has 2 atom stereocenters. The van der Waals surface area contributed by atoms with Crippen LogP contribution < -0.4 is 5.73 Å². The topological polar surface area (TPSA) is 52.3 Å². The van der Waals surface area contributed by atoms with E-state index in [4.69, 9.17) is 5.73 Å². The molecule has 2 aliphatic carbocycles. The number of esters is 1. The molecule has 1 spiro atoms. The quantitative estimate of drug-likeness (QED) is 0.501. The second kappa shape index (κ2) is 5.69. The van der Waals surface area contributed by atoms with Gasteiger partial charge in [0.1, 0.15) is 5.82 Å². The van der Waals surface area contributed by atoms with Crippen LogP contribution in [0.5, 0.6) is 0 Å². The van der Waals surface area contributed by atoms with Gasteiger partial charge in [-0.3, -0.25) is 5.73 Å². The van der Waals surface area contributed by atoms with Crippen LogP contribution in [0.1, 0.15) is 56.6 Å². The Bertz CT molecular complexity index is 695. The molecule has 0 amide bonds. The van der Waals surface area contributed by atoms with Crippen molar-refractivity contribution < 1.29 is 27.1 Å². The molecular formula is C18H21F4NO2. The lowest BCUT2D eigenvalue weighted by Crippen LogP contribution is -2.41. The zero-order chi connectivity index (χ0) is 18.6. The van der Waals surface area contributed by atoms with E-state index in [0.717, 1.165) is 18.4 Å². The van der Waals surface area contributed by atoms with Gasteiger partial charge in [0, 0.05) is 11.8 Å². The first-order valence-corrected chi connectivity index (χ1v) is 8.30. The molecule has 2 unspecified atom stereocenters. The number of carbonyl (C=O) groups is 1. The summed E-state index contributed by atoms with van der Waals surface area (Å²) in [7, 11) is 0. The number of carbonyl (C=O) groups excluding carboxylic acids is 1. The van der Waals surface area contributed by atoms with Gasteiger partial charge in [0.2, 0.25) is 0 Å². The van der Waals surface area contributed by atoms with E-state index in [1.165, 1.54) is 6.07 Å².